The number of ether oxygens (including phenoxy) is 2. The molecular weight excluding hydrogens is 338 g/mol. The fourth-order valence-electron chi connectivity index (χ4n) is 2.47. The zero-order valence-electron chi connectivity index (χ0n) is 15.7. The van der Waals surface area contributed by atoms with Crippen molar-refractivity contribution in [3.05, 3.63) is 6.33 Å². The van der Waals surface area contributed by atoms with Gasteiger partial charge in [-0.25, -0.2) is 4.98 Å². The van der Waals surface area contributed by atoms with Gasteiger partial charge < -0.3 is 13.9 Å². The lowest BCUT2D eigenvalue weighted by Crippen LogP contribution is -2.41. The van der Waals surface area contributed by atoms with Crippen LogP contribution in [0.4, 0.5) is 5.95 Å². The molecule has 8 nitrogen and oxygen atoms in total. The summed E-state index contributed by atoms with van der Waals surface area (Å²) < 4.78 is 21.2. The van der Waals surface area contributed by atoms with Gasteiger partial charge in [-0.3, -0.25) is 10.3 Å². The molecule has 0 bridgehead atoms. The molecule has 25 heavy (non-hydrogen) atoms. The summed E-state index contributed by atoms with van der Waals surface area (Å²) in [5.74, 6) is 1.12. The molecule has 0 saturated heterocycles. The minimum Gasteiger partial charge on any atom is -0.463 e. The summed E-state index contributed by atoms with van der Waals surface area (Å²) in [6.07, 6.45) is 1.70. The minimum absolute atomic E-state index is 0.201. The van der Waals surface area contributed by atoms with Gasteiger partial charge in [-0.1, -0.05) is 25.8 Å². The van der Waals surface area contributed by atoms with E-state index in [1.54, 1.807) is 6.33 Å². The molecule has 2 aromatic rings. The maximum Gasteiger partial charge on any atom is 0.394 e. The highest BCUT2D eigenvalue weighted by Crippen LogP contribution is 2.36. The lowest BCUT2D eigenvalue weighted by molar-refractivity contribution is -0.666. The van der Waals surface area contributed by atoms with Gasteiger partial charge in [-0.15, -0.1) is 0 Å². The normalized spacial score (nSPS) is 14.8. The second kappa shape index (κ2) is 6.54. The summed E-state index contributed by atoms with van der Waals surface area (Å²) in [4.78, 5) is 8.83. The van der Waals surface area contributed by atoms with Gasteiger partial charge in [-0.05, 0) is 18.1 Å². The Morgan fingerprint density at radius 2 is 2.12 bits per heavy atom. The number of anilines is 1. The topological polar surface area (TPSA) is 88.3 Å². The second-order valence-electron chi connectivity index (χ2n) is 7.81. The van der Waals surface area contributed by atoms with Crippen molar-refractivity contribution in [3.63, 3.8) is 0 Å². The zero-order valence-corrected chi connectivity index (χ0v) is 16.7. The largest absolute Gasteiger partial charge is 0.463 e. The van der Waals surface area contributed by atoms with Gasteiger partial charge in [0.15, 0.2) is 8.32 Å². The van der Waals surface area contributed by atoms with Crippen molar-refractivity contribution in [1.29, 1.82) is 0 Å². The highest BCUT2D eigenvalue weighted by atomic mass is 28.4. The summed E-state index contributed by atoms with van der Waals surface area (Å²) in [5.41, 5.74) is 7.40. The Kier molecular flexibility index (Phi) is 4.73. The van der Waals surface area contributed by atoms with Crippen LogP contribution in [0.1, 0.15) is 20.8 Å². The van der Waals surface area contributed by atoms with E-state index in [1.807, 2.05) is 9.13 Å². The third-order valence-electron chi connectivity index (χ3n) is 5.04. The fourth-order valence-corrected chi connectivity index (χ4v) is 3.50. The number of nitrogen functional groups attached to an aromatic ring is 1. The molecule has 0 saturated carbocycles. The standard InChI is InChI=1S/C16H27N5O3Si/c1-16(2,3)25(4,5)24-9-8-22-11-20-10-18-12-13(20)19-15(17)21-6-7-23-14(12)21/h10,17H,6-9,11H2,1-5H3/p+1. The van der Waals surface area contributed by atoms with Crippen LogP contribution in [0.5, 0.6) is 5.88 Å². The first-order valence-electron chi connectivity index (χ1n) is 8.59. The Hall–Kier alpha value is -1.71. The minimum atomic E-state index is -1.73. The quantitative estimate of drug-likeness (QED) is 0.475. The van der Waals surface area contributed by atoms with E-state index in [4.69, 9.17) is 19.6 Å². The summed E-state index contributed by atoms with van der Waals surface area (Å²) in [6, 6.07) is 0. The summed E-state index contributed by atoms with van der Waals surface area (Å²) in [6.45, 7) is 13.9. The molecule has 0 aromatic carbocycles. The lowest BCUT2D eigenvalue weighted by atomic mass is 10.2. The predicted molar refractivity (Wildman–Crippen MR) is 96.7 cm³/mol. The lowest BCUT2D eigenvalue weighted by Gasteiger charge is -2.36. The Morgan fingerprint density at radius 3 is 2.84 bits per heavy atom. The van der Waals surface area contributed by atoms with E-state index < -0.39 is 8.32 Å². The first-order valence-corrected chi connectivity index (χ1v) is 11.5. The molecule has 0 unspecified atom stereocenters. The van der Waals surface area contributed by atoms with E-state index in [0.29, 0.717) is 56.1 Å². The van der Waals surface area contributed by atoms with Crippen LogP contribution < -0.4 is 15.0 Å². The molecule has 0 atom stereocenters. The maximum absolute atomic E-state index is 6.11. The molecule has 0 amide bonds. The van der Waals surface area contributed by atoms with Crippen molar-refractivity contribution in [3.8, 4) is 5.88 Å². The van der Waals surface area contributed by atoms with Crippen molar-refractivity contribution in [2.75, 3.05) is 25.6 Å². The molecule has 3 heterocycles. The number of imidazole rings is 1. The van der Waals surface area contributed by atoms with Crippen molar-refractivity contribution < 1.29 is 18.5 Å². The molecule has 0 radical (unpaired) electrons. The highest BCUT2D eigenvalue weighted by Gasteiger charge is 2.36. The van der Waals surface area contributed by atoms with Gasteiger partial charge in [0.1, 0.15) is 26.2 Å². The van der Waals surface area contributed by atoms with Crippen molar-refractivity contribution in [2.24, 2.45) is 0 Å². The highest BCUT2D eigenvalue weighted by molar-refractivity contribution is 6.74. The van der Waals surface area contributed by atoms with Crippen LogP contribution in [0.15, 0.2) is 6.33 Å². The molecule has 0 fully saturated rings. The van der Waals surface area contributed by atoms with Gasteiger partial charge in [0.2, 0.25) is 11.2 Å². The molecule has 138 valence electrons. The summed E-state index contributed by atoms with van der Waals surface area (Å²) in [5, 5.41) is 0.201. The smallest absolute Gasteiger partial charge is 0.394 e. The van der Waals surface area contributed by atoms with Gasteiger partial charge in [0, 0.05) is 0 Å². The average molecular weight is 367 g/mol. The predicted octanol–water partition coefficient (Wildman–Crippen LogP) is 1.69. The van der Waals surface area contributed by atoms with E-state index in [0.717, 1.165) is 0 Å². The Bertz CT molecular complexity index is 769. The molecule has 2 N–H and O–H groups in total. The molecule has 0 spiro atoms. The summed E-state index contributed by atoms with van der Waals surface area (Å²) >= 11 is 0. The van der Waals surface area contributed by atoms with Gasteiger partial charge in [-0.2, -0.15) is 4.57 Å². The third-order valence-corrected chi connectivity index (χ3v) is 9.57. The number of rotatable bonds is 6. The third kappa shape index (κ3) is 3.49. The molecule has 1 aliphatic heterocycles. The van der Waals surface area contributed by atoms with Crippen LogP contribution in [0.2, 0.25) is 18.1 Å². The van der Waals surface area contributed by atoms with E-state index in [1.165, 1.54) is 0 Å². The van der Waals surface area contributed by atoms with E-state index in [-0.39, 0.29) is 5.04 Å². The average Bonchev–Trinajstić information content (AvgIpc) is 3.13. The monoisotopic (exact) mass is 366 g/mol. The van der Waals surface area contributed by atoms with Crippen LogP contribution >= 0.6 is 0 Å². The van der Waals surface area contributed by atoms with Gasteiger partial charge in [0.25, 0.3) is 5.88 Å². The van der Waals surface area contributed by atoms with Gasteiger partial charge in [0.05, 0.1) is 13.2 Å². The number of hydrogen-bond donors (Lipinski definition) is 1. The van der Waals surface area contributed by atoms with Crippen LogP contribution in [0.25, 0.3) is 11.2 Å². The first-order chi connectivity index (χ1) is 11.7. The van der Waals surface area contributed by atoms with Crippen molar-refractivity contribution >= 4 is 25.4 Å². The van der Waals surface area contributed by atoms with Crippen LogP contribution in [0, 0.1) is 0 Å². The Labute approximate surface area is 149 Å². The zero-order chi connectivity index (χ0) is 18.2. The van der Waals surface area contributed by atoms with Crippen LogP contribution in [-0.4, -0.2) is 42.7 Å². The SMILES string of the molecule is CC(C)(C)[Si](C)(C)OCCOCn1cnc2c3[n+](c(N)nc21)CCO3. The molecular formula is C16H28N5O3Si+. The number of nitrogens with zero attached hydrogens (tertiary/aromatic N) is 4. The van der Waals surface area contributed by atoms with Crippen LogP contribution in [-0.2, 0) is 22.4 Å². The Balaban J connectivity index is 1.59. The molecule has 1 aliphatic rings. The van der Waals surface area contributed by atoms with Gasteiger partial charge >= 0.3 is 5.95 Å². The fraction of sp³-hybridized carbons (Fsp3) is 0.688. The van der Waals surface area contributed by atoms with Crippen LogP contribution in [0.3, 0.4) is 0 Å². The first kappa shape index (κ1) is 18.1. The van der Waals surface area contributed by atoms with E-state index in [2.05, 4.69) is 43.8 Å². The van der Waals surface area contributed by atoms with Crippen molar-refractivity contribution in [1.82, 2.24) is 14.5 Å². The van der Waals surface area contributed by atoms with E-state index >= 15 is 0 Å². The molecule has 0 aliphatic carbocycles. The van der Waals surface area contributed by atoms with E-state index in [9.17, 15) is 0 Å². The van der Waals surface area contributed by atoms with Crippen molar-refractivity contribution in [2.45, 2.75) is 52.2 Å². The Morgan fingerprint density at radius 1 is 1.36 bits per heavy atom. The summed E-state index contributed by atoms with van der Waals surface area (Å²) in [7, 11) is -1.73. The number of aromatic nitrogens is 4. The number of hydrogen-bond acceptors (Lipinski definition) is 6. The molecule has 9 heteroatoms. The second-order valence-corrected chi connectivity index (χ2v) is 12.6. The molecule has 2 aromatic heterocycles. The molecule has 3 rings (SSSR count). The maximum atomic E-state index is 6.11. The number of nitrogens with two attached hydrogens (primary N) is 1. The number of fused-ring (bicyclic) bond motifs is 3.